The van der Waals surface area contributed by atoms with Crippen LogP contribution in [-0.2, 0) is 6.42 Å². The van der Waals surface area contributed by atoms with Gasteiger partial charge in [0.15, 0.2) is 5.82 Å². The first-order valence-corrected chi connectivity index (χ1v) is 11.4. The number of aryl methyl sites for hydroxylation is 1. The number of unbranched alkanes of at least 4 members (excludes halogenated alkanes) is 4. The second-order valence-corrected chi connectivity index (χ2v) is 8.45. The van der Waals surface area contributed by atoms with Crippen molar-refractivity contribution in [2.24, 2.45) is 5.92 Å². The molecule has 2 aromatic rings. The molecule has 152 valence electrons. The van der Waals surface area contributed by atoms with Crippen LogP contribution >= 0.6 is 11.6 Å². The predicted octanol–water partition coefficient (Wildman–Crippen LogP) is 7.27. The van der Waals surface area contributed by atoms with Crippen molar-refractivity contribution in [3.05, 3.63) is 41.2 Å². The van der Waals surface area contributed by atoms with Gasteiger partial charge in [0.1, 0.15) is 5.75 Å². The van der Waals surface area contributed by atoms with E-state index in [4.69, 9.17) is 16.3 Å². The number of rotatable bonds is 10. The normalized spacial score (nSPS) is 14.9. The van der Waals surface area contributed by atoms with Gasteiger partial charge in [-0.1, -0.05) is 63.5 Å². The zero-order valence-electron chi connectivity index (χ0n) is 17.1. The molecule has 3 nitrogen and oxygen atoms in total. The number of ether oxygens (including phenoxy) is 1. The predicted molar refractivity (Wildman–Crippen MR) is 117 cm³/mol. The summed E-state index contributed by atoms with van der Waals surface area (Å²) in [4.78, 5) is 9.09. The SMILES string of the molecule is CCCCCCCc1cnc(-c2ccc(OCC3CCCCC3)c(Cl)c2)nc1. The van der Waals surface area contributed by atoms with Crippen molar-refractivity contribution in [2.45, 2.75) is 77.6 Å². The highest BCUT2D eigenvalue weighted by molar-refractivity contribution is 6.32. The lowest BCUT2D eigenvalue weighted by Crippen LogP contribution is -2.15. The number of halogens is 1. The second-order valence-electron chi connectivity index (χ2n) is 8.04. The van der Waals surface area contributed by atoms with Gasteiger partial charge in [-0.2, -0.15) is 0 Å². The molecule has 0 aliphatic heterocycles. The maximum atomic E-state index is 6.46. The van der Waals surface area contributed by atoms with Crippen molar-refractivity contribution in [2.75, 3.05) is 6.61 Å². The molecule has 28 heavy (non-hydrogen) atoms. The molecule has 1 heterocycles. The third-order valence-corrected chi connectivity index (χ3v) is 5.96. The number of aromatic nitrogens is 2. The summed E-state index contributed by atoms with van der Waals surface area (Å²) in [6.45, 7) is 3.01. The smallest absolute Gasteiger partial charge is 0.159 e. The lowest BCUT2D eigenvalue weighted by Gasteiger charge is -2.22. The molecule has 1 saturated carbocycles. The van der Waals surface area contributed by atoms with Crippen molar-refractivity contribution in [1.29, 1.82) is 0 Å². The Balaban J connectivity index is 1.52. The Morgan fingerprint density at radius 2 is 1.75 bits per heavy atom. The van der Waals surface area contributed by atoms with Gasteiger partial charge in [0.2, 0.25) is 0 Å². The third kappa shape index (κ3) is 6.48. The van der Waals surface area contributed by atoms with Crippen LogP contribution in [0, 0.1) is 5.92 Å². The Bertz CT molecular complexity index is 711. The van der Waals surface area contributed by atoms with E-state index in [0.717, 1.165) is 30.2 Å². The zero-order valence-corrected chi connectivity index (χ0v) is 17.9. The molecule has 1 aromatic heterocycles. The van der Waals surface area contributed by atoms with Crippen molar-refractivity contribution in [3.63, 3.8) is 0 Å². The van der Waals surface area contributed by atoms with Crippen molar-refractivity contribution in [1.82, 2.24) is 9.97 Å². The summed E-state index contributed by atoms with van der Waals surface area (Å²) in [5.74, 6) is 2.15. The van der Waals surface area contributed by atoms with Crippen LogP contribution in [0.5, 0.6) is 5.75 Å². The van der Waals surface area contributed by atoms with E-state index in [-0.39, 0.29) is 0 Å². The third-order valence-electron chi connectivity index (χ3n) is 5.66. The van der Waals surface area contributed by atoms with Crippen LogP contribution in [0.25, 0.3) is 11.4 Å². The van der Waals surface area contributed by atoms with E-state index in [2.05, 4.69) is 16.9 Å². The minimum Gasteiger partial charge on any atom is -0.492 e. The molecular formula is C24H33ClN2O. The summed E-state index contributed by atoms with van der Waals surface area (Å²) in [6, 6.07) is 5.87. The summed E-state index contributed by atoms with van der Waals surface area (Å²) in [6.07, 6.45) is 17.9. The quantitative estimate of drug-likeness (QED) is 0.393. The van der Waals surface area contributed by atoms with Crippen LogP contribution in [0.4, 0.5) is 0 Å². The van der Waals surface area contributed by atoms with E-state index >= 15 is 0 Å². The molecule has 4 heteroatoms. The molecule has 0 spiro atoms. The molecule has 0 unspecified atom stereocenters. The highest BCUT2D eigenvalue weighted by Gasteiger charge is 2.15. The summed E-state index contributed by atoms with van der Waals surface area (Å²) < 4.78 is 5.99. The zero-order chi connectivity index (χ0) is 19.6. The van der Waals surface area contributed by atoms with Crippen molar-refractivity contribution < 1.29 is 4.74 Å². The van der Waals surface area contributed by atoms with E-state index in [1.807, 2.05) is 30.6 Å². The van der Waals surface area contributed by atoms with Gasteiger partial charge in [0, 0.05) is 18.0 Å². The molecule has 3 rings (SSSR count). The Morgan fingerprint density at radius 1 is 1.00 bits per heavy atom. The Hall–Kier alpha value is -1.61. The van der Waals surface area contributed by atoms with Gasteiger partial charge in [-0.3, -0.25) is 0 Å². The van der Waals surface area contributed by atoms with Crippen LogP contribution in [0.2, 0.25) is 5.02 Å². The first-order chi connectivity index (χ1) is 13.8. The minimum atomic E-state index is 0.636. The molecule has 1 aliphatic rings. The van der Waals surface area contributed by atoms with Gasteiger partial charge >= 0.3 is 0 Å². The summed E-state index contributed by atoms with van der Waals surface area (Å²) in [5.41, 5.74) is 2.14. The van der Waals surface area contributed by atoms with Gasteiger partial charge in [-0.15, -0.1) is 0 Å². The van der Waals surface area contributed by atoms with Gasteiger partial charge in [0.25, 0.3) is 0 Å². The topological polar surface area (TPSA) is 35.0 Å². The lowest BCUT2D eigenvalue weighted by atomic mass is 9.90. The molecule has 0 saturated heterocycles. The first kappa shape index (κ1) is 21.1. The largest absolute Gasteiger partial charge is 0.492 e. The highest BCUT2D eigenvalue weighted by atomic mass is 35.5. The maximum absolute atomic E-state index is 6.46. The fourth-order valence-electron chi connectivity index (χ4n) is 3.88. The average Bonchev–Trinajstić information content (AvgIpc) is 2.74. The van der Waals surface area contributed by atoms with E-state index in [1.165, 1.54) is 69.8 Å². The van der Waals surface area contributed by atoms with E-state index in [1.54, 1.807) is 0 Å². The van der Waals surface area contributed by atoms with Gasteiger partial charge < -0.3 is 4.74 Å². The number of nitrogens with zero attached hydrogens (tertiary/aromatic N) is 2. The maximum Gasteiger partial charge on any atom is 0.159 e. The molecule has 1 fully saturated rings. The molecule has 1 aromatic carbocycles. The number of hydrogen-bond donors (Lipinski definition) is 0. The summed E-state index contributed by atoms with van der Waals surface area (Å²) in [5, 5.41) is 0.636. The van der Waals surface area contributed by atoms with E-state index < -0.39 is 0 Å². The average molecular weight is 401 g/mol. The standard InChI is InChI=1S/C24H33ClN2O/c1-2-3-4-5-7-12-20-16-26-24(27-17-20)21-13-14-23(22(25)15-21)28-18-19-10-8-6-9-11-19/h13-17,19H,2-12,18H2,1H3. The van der Waals surface area contributed by atoms with Crippen LogP contribution < -0.4 is 4.74 Å². The van der Waals surface area contributed by atoms with Crippen molar-refractivity contribution in [3.8, 4) is 17.1 Å². The fourth-order valence-corrected chi connectivity index (χ4v) is 4.12. The monoisotopic (exact) mass is 400 g/mol. The molecule has 0 radical (unpaired) electrons. The fraction of sp³-hybridized carbons (Fsp3) is 0.583. The van der Waals surface area contributed by atoms with Crippen LogP contribution in [-0.4, -0.2) is 16.6 Å². The van der Waals surface area contributed by atoms with Crippen LogP contribution in [0.15, 0.2) is 30.6 Å². The van der Waals surface area contributed by atoms with Crippen molar-refractivity contribution >= 4 is 11.6 Å². The van der Waals surface area contributed by atoms with Gasteiger partial charge in [-0.05, 0) is 55.4 Å². The molecule has 1 aliphatic carbocycles. The lowest BCUT2D eigenvalue weighted by molar-refractivity contribution is 0.209. The first-order valence-electron chi connectivity index (χ1n) is 11.0. The Kier molecular flexibility index (Phi) is 8.60. The van der Waals surface area contributed by atoms with Gasteiger partial charge in [-0.25, -0.2) is 9.97 Å². The Morgan fingerprint density at radius 3 is 2.46 bits per heavy atom. The summed E-state index contributed by atoms with van der Waals surface area (Å²) in [7, 11) is 0. The van der Waals surface area contributed by atoms with E-state index in [0.29, 0.717) is 10.9 Å². The molecular weight excluding hydrogens is 368 g/mol. The second kappa shape index (κ2) is 11.4. The summed E-state index contributed by atoms with van der Waals surface area (Å²) >= 11 is 6.46. The number of hydrogen-bond acceptors (Lipinski definition) is 3. The molecule has 0 amide bonds. The van der Waals surface area contributed by atoms with Crippen LogP contribution in [0.3, 0.4) is 0 Å². The Labute approximate surface area is 174 Å². The van der Waals surface area contributed by atoms with E-state index in [9.17, 15) is 0 Å². The van der Waals surface area contributed by atoms with Gasteiger partial charge in [0.05, 0.1) is 11.6 Å². The minimum absolute atomic E-state index is 0.636. The number of benzene rings is 1. The molecule has 0 atom stereocenters. The highest BCUT2D eigenvalue weighted by Crippen LogP contribution is 2.31. The van der Waals surface area contributed by atoms with Crippen LogP contribution in [0.1, 0.15) is 76.7 Å². The molecule has 0 bridgehead atoms. The molecule has 0 N–H and O–H groups in total.